The van der Waals surface area contributed by atoms with E-state index < -0.39 is 11.8 Å². The van der Waals surface area contributed by atoms with Crippen LogP contribution in [0.4, 0.5) is 5.69 Å². The zero-order valence-corrected chi connectivity index (χ0v) is 20.6. The lowest BCUT2D eigenvalue weighted by atomic mass is 10.2. The zero-order valence-electron chi connectivity index (χ0n) is 18.2. The molecule has 2 aromatic rings. The SMILES string of the molecule is CC(C)COc1ccc(Br)cc1C(=O)NC(=S)NNC(=O)c1ccc(NC(=O)C2CC2)cc1. The molecule has 0 spiro atoms. The van der Waals surface area contributed by atoms with Gasteiger partial charge in [-0.15, -0.1) is 0 Å². The van der Waals surface area contributed by atoms with Gasteiger partial charge in [-0.3, -0.25) is 30.6 Å². The molecule has 0 bridgehead atoms. The maximum atomic E-state index is 12.7. The summed E-state index contributed by atoms with van der Waals surface area (Å²) in [6.07, 6.45) is 1.84. The third kappa shape index (κ3) is 7.54. The first-order valence-corrected chi connectivity index (χ1v) is 11.7. The summed E-state index contributed by atoms with van der Waals surface area (Å²) >= 11 is 8.47. The van der Waals surface area contributed by atoms with Gasteiger partial charge in [-0.05, 0) is 73.4 Å². The number of anilines is 1. The molecule has 1 fully saturated rings. The number of thiocarbonyl (C=S) groups is 1. The topological polar surface area (TPSA) is 109 Å². The molecule has 8 nitrogen and oxygen atoms in total. The molecule has 1 aliphatic rings. The number of halogens is 1. The van der Waals surface area contributed by atoms with Gasteiger partial charge >= 0.3 is 0 Å². The summed E-state index contributed by atoms with van der Waals surface area (Å²) < 4.78 is 6.44. The lowest BCUT2D eigenvalue weighted by molar-refractivity contribution is -0.117. The predicted octanol–water partition coefficient (Wildman–Crippen LogP) is 3.78. The summed E-state index contributed by atoms with van der Waals surface area (Å²) in [6, 6.07) is 11.6. The number of hydrazine groups is 1. The summed E-state index contributed by atoms with van der Waals surface area (Å²) in [5.74, 6) is -0.0924. The third-order valence-electron chi connectivity index (χ3n) is 4.64. The number of nitrogens with one attached hydrogen (secondary N) is 4. The van der Waals surface area contributed by atoms with E-state index in [1.807, 2.05) is 13.8 Å². The van der Waals surface area contributed by atoms with Gasteiger partial charge in [0.15, 0.2) is 5.11 Å². The Morgan fingerprint density at radius 1 is 1.06 bits per heavy atom. The van der Waals surface area contributed by atoms with E-state index in [9.17, 15) is 14.4 Å². The van der Waals surface area contributed by atoms with Crippen LogP contribution < -0.4 is 26.2 Å². The Hall–Kier alpha value is -2.98. The van der Waals surface area contributed by atoms with Crippen molar-refractivity contribution in [3.8, 4) is 5.75 Å². The highest BCUT2D eigenvalue weighted by Crippen LogP contribution is 2.30. The fraction of sp³-hybridized carbons (Fsp3) is 0.304. The molecular weight excluding hydrogens is 508 g/mol. The van der Waals surface area contributed by atoms with Crippen molar-refractivity contribution in [2.45, 2.75) is 26.7 Å². The van der Waals surface area contributed by atoms with Crippen molar-refractivity contribution in [3.63, 3.8) is 0 Å². The number of ether oxygens (including phenoxy) is 1. The summed E-state index contributed by atoms with van der Waals surface area (Å²) in [6.45, 7) is 4.49. The number of rotatable bonds is 7. The Bertz CT molecular complexity index is 1050. The fourth-order valence-electron chi connectivity index (χ4n) is 2.74. The molecule has 10 heteroatoms. The van der Waals surface area contributed by atoms with Crippen LogP contribution >= 0.6 is 28.1 Å². The zero-order chi connectivity index (χ0) is 24.0. The van der Waals surface area contributed by atoms with Crippen LogP contribution in [-0.4, -0.2) is 29.4 Å². The van der Waals surface area contributed by atoms with E-state index in [1.165, 1.54) is 0 Å². The lowest BCUT2D eigenvalue weighted by Gasteiger charge is -2.15. The minimum atomic E-state index is -0.474. The average molecular weight is 533 g/mol. The van der Waals surface area contributed by atoms with Crippen LogP contribution in [0.1, 0.15) is 47.4 Å². The minimum absolute atomic E-state index is 0.00170. The number of carbonyl (C=O) groups is 3. The quantitative estimate of drug-likeness (QED) is 0.319. The Morgan fingerprint density at radius 2 is 1.76 bits per heavy atom. The maximum absolute atomic E-state index is 12.7. The number of carbonyl (C=O) groups excluding carboxylic acids is 3. The first-order chi connectivity index (χ1) is 15.7. The Labute approximate surface area is 205 Å². The summed E-state index contributed by atoms with van der Waals surface area (Å²) in [5.41, 5.74) is 6.25. The summed E-state index contributed by atoms with van der Waals surface area (Å²) in [4.78, 5) is 36.8. The Balaban J connectivity index is 1.51. The van der Waals surface area contributed by atoms with Crippen LogP contribution in [0.15, 0.2) is 46.9 Å². The van der Waals surface area contributed by atoms with Crippen molar-refractivity contribution in [1.29, 1.82) is 0 Å². The van der Waals surface area contributed by atoms with Gasteiger partial charge in [0.25, 0.3) is 11.8 Å². The number of benzene rings is 2. The molecule has 0 saturated heterocycles. The van der Waals surface area contributed by atoms with E-state index in [4.69, 9.17) is 17.0 Å². The molecular formula is C23H25BrN4O4S. The van der Waals surface area contributed by atoms with Crippen molar-refractivity contribution < 1.29 is 19.1 Å². The van der Waals surface area contributed by atoms with Gasteiger partial charge in [0.2, 0.25) is 5.91 Å². The van der Waals surface area contributed by atoms with E-state index in [0.29, 0.717) is 39.6 Å². The number of hydrogen-bond acceptors (Lipinski definition) is 5. The van der Waals surface area contributed by atoms with Gasteiger partial charge in [0.05, 0.1) is 12.2 Å². The first-order valence-electron chi connectivity index (χ1n) is 10.5. The molecule has 1 aliphatic carbocycles. The van der Waals surface area contributed by atoms with E-state index >= 15 is 0 Å². The minimum Gasteiger partial charge on any atom is -0.492 e. The molecule has 0 atom stereocenters. The van der Waals surface area contributed by atoms with Crippen molar-refractivity contribution >= 4 is 56.7 Å². The molecule has 3 rings (SSSR count). The van der Waals surface area contributed by atoms with E-state index in [0.717, 1.165) is 12.8 Å². The van der Waals surface area contributed by atoms with E-state index in [2.05, 4.69) is 37.4 Å². The van der Waals surface area contributed by atoms with E-state index in [-0.39, 0.29) is 16.9 Å². The van der Waals surface area contributed by atoms with Gasteiger partial charge in [0, 0.05) is 21.6 Å². The van der Waals surface area contributed by atoms with Crippen LogP contribution in [0.3, 0.4) is 0 Å². The molecule has 174 valence electrons. The van der Waals surface area contributed by atoms with Gasteiger partial charge in [-0.2, -0.15) is 0 Å². The molecule has 2 aromatic carbocycles. The van der Waals surface area contributed by atoms with Crippen molar-refractivity contribution in [2.75, 3.05) is 11.9 Å². The monoisotopic (exact) mass is 532 g/mol. The Morgan fingerprint density at radius 3 is 2.39 bits per heavy atom. The molecule has 0 heterocycles. The second-order valence-electron chi connectivity index (χ2n) is 8.05. The fourth-order valence-corrected chi connectivity index (χ4v) is 3.25. The largest absolute Gasteiger partial charge is 0.492 e. The van der Waals surface area contributed by atoms with Gasteiger partial charge in [0.1, 0.15) is 5.75 Å². The molecule has 4 N–H and O–H groups in total. The molecule has 3 amide bonds. The molecule has 0 unspecified atom stereocenters. The molecule has 0 aliphatic heterocycles. The second-order valence-corrected chi connectivity index (χ2v) is 9.37. The van der Waals surface area contributed by atoms with Crippen molar-refractivity contribution in [1.82, 2.24) is 16.2 Å². The van der Waals surface area contributed by atoms with Crippen molar-refractivity contribution in [3.05, 3.63) is 58.1 Å². The standard InChI is InChI=1S/C23H25BrN4O4S/c1-13(2)12-32-19-10-7-16(24)11-18(19)22(31)26-23(33)28-27-21(30)15-5-8-17(9-6-15)25-20(29)14-3-4-14/h5-11,13-14H,3-4,12H2,1-2H3,(H,25,29)(H,27,30)(H2,26,28,31,33). The highest BCUT2D eigenvalue weighted by molar-refractivity contribution is 9.10. The highest BCUT2D eigenvalue weighted by atomic mass is 79.9. The van der Waals surface area contributed by atoms with Gasteiger partial charge in [-0.1, -0.05) is 29.8 Å². The van der Waals surface area contributed by atoms with Gasteiger partial charge in [-0.25, -0.2) is 0 Å². The summed E-state index contributed by atoms with van der Waals surface area (Å²) in [5, 5.41) is 5.26. The van der Waals surface area contributed by atoms with E-state index in [1.54, 1.807) is 42.5 Å². The van der Waals surface area contributed by atoms with Crippen LogP contribution in [0.25, 0.3) is 0 Å². The van der Waals surface area contributed by atoms with Crippen LogP contribution in [-0.2, 0) is 4.79 Å². The Kier molecular flexibility index (Phi) is 8.40. The molecule has 1 saturated carbocycles. The normalized spacial score (nSPS) is 12.6. The van der Waals surface area contributed by atoms with Crippen LogP contribution in [0, 0.1) is 11.8 Å². The molecule has 0 radical (unpaired) electrons. The average Bonchev–Trinajstić information content (AvgIpc) is 3.62. The molecule has 0 aromatic heterocycles. The second kappa shape index (κ2) is 11.2. The predicted molar refractivity (Wildman–Crippen MR) is 133 cm³/mol. The third-order valence-corrected chi connectivity index (χ3v) is 5.34. The summed E-state index contributed by atoms with van der Waals surface area (Å²) in [7, 11) is 0. The highest BCUT2D eigenvalue weighted by Gasteiger charge is 2.29. The van der Waals surface area contributed by atoms with Gasteiger partial charge < -0.3 is 10.1 Å². The van der Waals surface area contributed by atoms with Crippen molar-refractivity contribution in [2.24, 2.45) is 11.8 Å². The number of hydrogen-bond donors (Lipinski definition) is 4. The van der Waals surface area contributed by atoms with Crippen LogP contribution in [0.2, 0.25) is 0 Å². The van der Waals surface area contributed by atoms with Crippen LogP contribution in [0.5, 0.6) is 5.75 Å². The molecule has 33 heavy (non-hydrogen) atoms. The number of amides is 3. The smallest absolute Gasteiger partial charge is 0.269 e. The lowest BCUT2D eigenvalue weighted by Crippen LogP contribution is -2.48. The maximum Gasteiger partial charge on any atom is 0.269 e. The first kappa shape index (κ1) is 24.7.